The van der Waals surface area contributed by atoms with Crippen molar-refractivity contribution in [2.75, 3.05) is 23.3 Å². The molecule has 1 N–H and O–H groups in total. The zero-order chi connectivity index (χ0) is 15.4. The minimum absolute atomic E-state index is 0.0296. The zero-order valence-corrected chi connectivity index (χ0v) is 12.7. The first-order valence-corrected chi connectivity index (χ1v) is 7.62. The van der Waals surface area contributed by atoms with Crippen molar-refractivity contribution < 1.29 is 4.79 Å². The average Bonchev–Trinajstić information content (AvgIpc) is 2.56. The van der Waals surface area contributed by atoms with E-state index in [-0.39, 0.29) is 11.8 Å². The summed E-state index contributed by atoms with van der Waals surface area (Å²) >= 11 is 0. The molecule has 1 aromatic carbocycles. The number of nitrogens with one attached hydrogen (secondary N) is 1. The summed E-state index contributed by atoms with van der Waals surface area (Å²) < 4.78 is 0. The molecule has 0 unspecified atom stereocenters. The van der Waals surface area contributed by atoms with Crippen LogP contribution in [0, 0.1) is 12.8 Å². The quantitative estimate of drug-likeness (QED) is 0.946. The Kier molecular flexibility index (Phi) is 4.32. The summed E-state index contributed by atoms with van der Waals surface area (Å²) in [6, 6.07) is 9.68. The number of piperidine rings is 1. The lowest BCUT2D eigenvalue weighted by Crippen LogP contribution is -2.41. The lowest BCUT2D eigenvalue weighted by atomic mass is 9.97. The fourth-order valence-corrected chi connectivity index (χ4v) is 2.79. The Morgan fingerprint density at radius 2 is 2.09 bits per heavy atom. The minimum atomic E-state index is -0.0296. The summed E-state index contributed by atoms with van der Waals surface area (Å²) in [5.41, 5.74) is 2.00. The molecule has 0 spiro atoms. The number of carbonyl (C=O) groups is 1. The summed E-state index contributed by atoms with van der Waals surface area (Å²) in [5, 5.41) is 3.02. The Bertz CT molecular complexity index is 644. The van der Waals surface area contributed by atoms with Gasteiger partial charge < -0.3 is 10.2 Å². The predicted octanol–water partition coefficient (Wildman–Crippen LogP) is 2.64. The van der Waals surface area contributed by atoms with E-state index in [1.165, 1.54) is 0 Å². The Morgan fingerprint density at radius 3 is 2.86 bits per heavy atom. The van der Waals surface area contributed by atoms with Gasteiger partial charge in [-0.25, -0.2) is 9.97 Å². The number of rotatable bonds is 3. The third-order valence-electron chi connectivity index (χ3n) is 3.91. The first-order chi connectivity index (χ1) is 10.7. The van der Waals surface area contributed by atoms with Crippen molar-refractivity contribution in [1.29, 1.82) is 0 Å². The average molecular weight is 296 g/mol. The highest BCUT2D eigenvalue weighted by Crippen LogP contribution is 2.21. The molecule has 22 heavy (non-hydrogen) atoms. The van der Waals surface area contributed by atoms with Crippen LogP contribution in [0.4, 0.5) is 11.6 Å². The van der Waals surface area contributed by atoms with Gasteiger partial charge in [-0.1, -0.05) is 12.1 Å². The van der Waals surface area contributed by atoms with Crippen LogP contribution in [-0.4, -0.2) is 29.0 Å². The summed E-state index contributed by atoms with van der Waals surface area (Å²) in [6.07, 6.45) is 5.35. The smallest absolute Gasteiger partial charge is 0.229 e. The highest BCUT2D eigenvalue weighted by atomic mass is 16.1. The van der Waals surface area contributed by atoms with Gasteiger partial charge in [-0.15, -0.1) is 0 Å². The minimum Gasteiger partial charge on any atom is -0.340 e. The zero-order valence-electron chi connectivity index (χ0n) is 12.7. The number of hydrogen-bond acceptors (Lipinski definition) is 4. The Balaban J connectivity index is 1.65. The predicted molar refractivity (Wildman–Crippen MR) is 86.8 cm³/mol. The van der Waals surface area contributed by atoms with Crippen molar-refractivity contribution in [3.63, 3.8) is 0 Å². The maximum Gasteiger partial charge on any atom is 0.229 e. The van der Waals surface area contributed by atoms with Gasteiger partial charge >= 0.3 is 0 Å². The van der Waals surface area contributed by atoms with Crippen LogP contribution in [0.5, 0.6) is 0 Å². The molecule has 0 bridgehead atoms. The number of amides is 1. The SMILES string of the molecule is Cc1cccc(NC(=O)[C@@H]2CCCN(c3ncccn3)C2)c1. The second kappa shape index (κ2) is 6.56. The normalized spacial score (nSPS) is 18.0. The van der Waals surface area contributed by atoms with Crippen LogP contribution in [0.15, 0.2) is 42.7 Å². The van der Waals surface area contributed by atoms with E-state index in [0.29, 0.717) is 12.5 Å². The Hall–Kier alpha value is -2.43. The fraction of sp³-hybridized carbons (Fsp3) is 0.353. The van der Waals surface area contributed by atoms with E-state index in [9.17, 15) is 4.79 Å². The largest absolute Gasteiger partial charge is 0.340 e. The molecule has 0 radical (unpaired) electrons. The van der Waals surface area contributed by atoms with Crippen LogP contribution >= 0.6 is 0 Å². The highest BCUT2D eigenvalue weighted by Gasteiger charge is 2.27. The fourth-order valence-electron chi connectivity index (χ4n) is 2.79. The molecule has 0 aliphatic carbocycles. The number of aryl methyl sites for hydroxylation is 1. The second-order valence-corrected chi connectivity index (χ2v) is 5.69. The molecule has 0 saturated carbocycles. The van der Waals surface area contributed by atoms with Crippen molar-refractivity contribution in [2.24, 2.45) is 5.92 Å². The van der Waals surface area contributed by atoms with Crippen LogP contribution in [-0.2, 0) is 4.79 Å². The number of aromatic nitrogens is 2. The molecular formula is C17H20N4O. The molecule has 5 nitrogen and oxygen atoms in total. The van der Waals surface area contributed by atoms with E-state index < -0.39 is 0 Å². The number of anilines is 2. The van der Waals surface area contributed by atoms with Gasteiger partial charge in [0, 0.05) is 31.2 Å². The third-order valence-corrected chi connectivity index (χ3v) is 3.91. The van der Waals surface area contributed by atoms with E-state index in [0.717, 1.165) is 30.6 Å². The Morgan fingerprint density at radius 1 is 1.27 bits per heavy atom. The first kappa shape index (κ1) is 14.5. The van der Waals surface area contributed by atoms with Gasteiger partial charge in [-0.3, -0.25) is 4.79 Å². The molecule has 3 rings (SSSR count). The van der Waals surface area contributed by atoms with Crippen molar-refractivity contribution in [3.05, 3.63) is 48.3 Å². The van der Waals surface area contributed by atoms with E-state index >= 15 is 0 Å². The topological polar surface area (TPSA) is 58.1 Å². The number of carbonyl (C=O) groups excluding carboxylic acids is 1. The Labute approximate surface area is 130 Å². The highest BCUT2D eigenvalue weighted by molar-refractivity contribution is 5.93. The van der Waals surface area contributed by atoms with E-state index in [1.54, 1.807) is 18.5 Å². The molecule has 1 amide bonds. The molecule has 2 heterocycles. The van der Waals surface area contributed by atoms with Crippen molar-refractivity contribution in [1.82, 2.24) is 9.97 Å². The summed E-state index contributed by atoms with van der Waals surface area (Å²) in [6.45, 7) is 3.59. The number of nitrogens with zero attached hydrogens (tertiary/aromatic N) is 3. The molecule has 1 saturated heterocycles. The lowest BCUT2D eigenvalue weighted by molar-refractivity contribution is -0.120. The van der Waals surface area contributed by atoms with Crippen molar-refractivity contribution >= 4 is 17.5 Å². The third kappa shape index (κ3) is 3.42. The molecule has 1 aliphatic heterocycles. The molecule has 1 aromatic heterocycles. The first-order valence-electron chi connectivity index (χ1n) is 7.62. The number of hydrogen-bond donors (Lipinski definition) is 1. The monoisotopic (exact) mass is 296 g/mol. The summed E-state index contributed by atoms with van der Waals surface area (Å²) in [5.74, 6) is 0.750. The van der Waals surface area contributed by atoms with Crippen LogP contribution in [0.1, 0.15) is 18.4 Å². The van der Waals surface area contributed by atoms with Crippen LogP contribution in [0.2, 0.25) is 0 Å². The standard InChI is InChI=1S/C17H20N4O/c1-13-5-2-7-15(11-13)20-16(22)14-6-3-10-21(12-14)17-18-8-4-9-19-17/h2,4-5,7-9,11,14H,3,6,10,12H2,1H3,(H,20,22)/t14-/m1/s1. The van der Waals surface area contributed by atoms with Gasteiger partial charge in [0.1, 0.15) is 0 Å². The summed E-state index contributed by atoms with van der Waals surface area (Å²) in [4.78, 5) is 23.1. The van der Waals surface area contributed by atoms with E-state index in [4.69, 9.17) is 0 Å². The van der Waals surface area contributed by atoms with Crippen LogP contribution in [0.25, 0.3) is 0 Å². The molecule has 1 atom stereocenters. The molecule has 1 aliphatic rings. The second-order valence-electron chi connectivity index (χ2n) is 5.69. The maximum absolute atomic E-state index is 12.5. The van der Waals surface area contributed by atoms with Gasteiger partial charge in [0.05, 0.1) is 5.92 Å². The van der Waals surface area contributed by atoms with Crippen LogP contribution < -0.4 is 10.2 Å². The molecule has 1 fully saturated rings. The van der Waals surface area contributed by atoms with E-state index in [1.807, 2.05) is 31.2 Å². The van der Waals surface area contributed by atoms with Gasteiger partial charge in [0.15, 0.2) is 0 Å². The van der Waals surface area contributed by atoms with Crippen LogP contribution in [0.3, 0.4) is 0 Å². The van der Waals surface area contributed by atoms with Gasteiger partial charge in [-0.05, 0) is 43.5 Å². The van der Waals surface area contributed by atoms with Gasteiger partial charge in [-0.2, -0.15) is 0 Å². The van der Waals surface area contributed by atoms with Gasteiger partial charge in [0.2, 0.25) is 11.9 Å². The maximum atomic E-state index is 12.5. The number of benzene rings is 1. The van der Waals surface area contributed by atoms with Crippen molar-refractivity contribution in [2.45, 2.75) is 19.8 Å². The van der Waals surface area contributed by atoms with E-state index in [2.05, 4.69) is 20.2 Å². The lowest BCUT2D eigenvalue weighted by Gasteiger charge is -2.31. The summed E-state index contributed by atoms with van der Waals surface area (Å²) in [7, 11) is 0. The molecule has 2 aromatic rings. The molecular weight excluding hydrogens is 276 g/mol. The molecule has 5 heteroatoms. The van der Waals surface area contributed by atoms with Crippen molar-refractivity contribution in [3.8, 4) is 0 Å². The van der Waals surface area contributed by atoms with Gasteiger partial charge in [0.25, 0.3) is 0 Å². The molecule has 114 valence electrons.